The van der Waals surface area contributed by atoms with Crippen molar-refractivity contribution in [2.45, 2.75) is 25.5 Å². The second-order valence-electron chi connectivity index (χ2n) is 5.70. The van der Waals surface area contributed by atoms with Crippen LogP contribution >= 0.6 is 11.8 Å². The van der Waals surface area contributed by atoms with Crippen LogP contribution in [0.25, 0.3) is 5.69 Å². The minimum Gasteiger partial charge on any atom is -0.345 e. The lowest BCUT2D eigenvalue weighted by atomic mass is 10.1. The Morgan fingerprint density at radius 1 is 1.19 bits per heavy atom. The van der Waals surface area contributed by atoms with E-state index in [1.165, 1.54) is 23.9 Å². The highest BCUT2D eigenvalue weighted by Gasteiger charge is 2.15. The van der Waals surface area contributed by atoms with Gasteiger partial charge >= 0.3 is 0 Å². The first kappa shape index (κ1) is 18.1. The fraction of sp³-hybridized carbons (Fsp3) is 0.211. The molecule has 0 aliphatic heterocycles. The fourth-order valence-corrected chi connectivity index (χ4v) is 3.23. The summed E-state index contributed by atoms with van der Waals surface area (Å²) in [4.78, 5) is 12.4. The molecule has 1 amide bonds. The van der Waals surface area contributed by atoms with Crippen molar-refractivity contribution in [1.29, 1.82) is 0 Å². The molecule has 0 atom stereocenters. The molecule has 1 N–H and O–H groups in total. The lowest BCUT2D eigenvalue weighted by molar-refractivity contribution is 0.0949. The first-order valence-corrected chi connectivity index (χ1v) is 9.25. The molecular weight excluding hydrogens is 351 g/mol. The molecule has 0 saturated heterocycles. The van der Waals surface area contributed by atoms with Crippen molar-refractivity contribution >= 4 is 17.7 Å². The summed E-state index contributed by atoms with van der Waals surface area (Å²) >= 11 is 1.54. The van der Waals surface area contributed by atoms with Crippen LogP contribution in [0.1, 0.15) is 28.7 Å². The number of thioether (sulfide) groups is 1. The van der Waals surface area contributed by atoms with Crippen molar-refractivity contribution < 1.29 is 9.18 Å². The Hall–Kier alpha value is -2.67. The van der Waals surface area contributed by atoms with E-state index >= 15 is 0 Å². The molecule has 7 heteroatoms. The van der Waals surface area contributed by atoms with Crippen LogP contribution in [0.5, 0.6) is 0 Å². The lowest BCUT2D eigenvalue weighted by Gasteiger charge is -2.11. The van der Waals surface area contributed by atoms with Gasteiger partial charge in [-0.3, -0.25) is 9.36 Å². The molecule has 5 nitrogen and oxygen atoms in total. The Morgan fingerprint density at radius 2 is 1.96 bits per heavy atom. The number of rotatable bonds is 6. The molecule has 0 fully saturated rings. The van der Waals surface area contributed by atoms with E-state index in [2.05, 4.69) is 15.5 Å². The molecule has 0 aliphatic rings. The standard InChI is InChI=1S/C19H19FN4OS/c1-3-26-19-23-22-17(24(19)16-9-7-15(20)8-10-16)12-21-18(25)14-6-4-5-13(2)11-14/h4-11H,3,12H2,1-2H3,(H,21,25). The second kappa shape index (κ2) is 8.14. The average molecular weight is 370 g/mol. The Balaban J connectivity index is 1.83. The molecule has 0 bridgehead atoms. The SMILES string of the molecule is CCSc1nnc(CNC(=O)c2cccc(C)c2)n1-c1ccc(F)cc1. The van der Waals surface area contributed by atoms with Gasteiger partial charge < -0.3 is 5.32 Å². The van der Waals surface area contributed by atoms with Gasteiger partial charge in [-0.15, -0.1) is 10.2 Å². The van der Waals surface area contributed by atoms with Crippen LogP contribution in [0.3, 0.4) is 0 Å². The van der Waals surface area contributed by atoms with Gasteiger partial charge in [-0.2, -0.15) is 0 Å². The van der Waals surface area contributed by atoms with Gasteiger partial charge in [0.2, 0.25) is 0 Å². The van der Waals surface area contributed by atoms with Gasteiger partial charge in [0.1, 0.15) is 5.82 Å². The number of carbonyl (C=O) groups excluding carboxylic acids is 1. The van der Waals surface area contributed by atoms with Crippen LogP contribution < -0.4 is 5.32 Å². The topological polar surface area (TPSA) is 59.8 Å². The molecule has 1 heterocycles. The van der Waals surface area contributed by atoms with Crippen LogP contribution in [0, 0.1) is 12.7 Å². The van der Waals surface area contributed by atoms with E-state index in [0.29, 0.717) is 16.5 Å². The summed E-state index contributed by atoms with van der Waals surface area (Å²) in [6, 6.07) is 13.5. The molecule has 134 valence electrons. The van der Waals surface area contributed by atoms with E-state index in [-0.39, 0.29) is 18.3 Å². The normalized spacial score (nSPS) is 10.7. The van der Waals surface area contributed by atoms with Gasteiger partial charge in [-0.25, -0.2) is 4.39 Å². The molecule has 0 aliphatic carbocycles. The fourth-order valence-electron chi connectivity index (χ4n) is 2.53. The van der Waals surface area contributed by atoms with Gasteiger partial charge in [0.15, 0.2) is 11.0 Å². The third-order valence-electron chi connectivity index (χ3n) is 3.75. The van der Waals surface area contributed by atoms with Crippen molar-refractivity contribution in [3.63, 3.8) is 0 Å². The highest BCUT2D eigenvalue weighted by atomic mass is 32.2. The number of aryl methyl sites for hydroxylation is 1. The molecule has 0 spiro atoms. The second-order valence-corrected chi connectivity index (χ2v) is 6.93. The minimum absolute atomic E-state index is 0.174. The van der Waals surface area contributed by atoms with Crippen molar-refractivity contribution in [2.75, 3.05) is 5.75 Å². The monoisotopic (exact) mass is 370 g/mol. The zero-order valence-electron chi connectivity index (χ0n) is 14.6. The lowest BCUT2D eigenvalue weighted by Crippen LogP contribution is -2.24. The average Bonchev–Trinajstić information content (AvgIpc) is 3.03. The van der Waals surface area contributed by atoms with Crippen LogP contribution in [-0.4, -0.2) is 26.4 Å². The summed E-state index contributed by atoms with van der Waals surface area (Å²) in [5.41, 5.74) is 2.38. The van der Waals surface area contributed by atoms with Gasteiger partial charge in [0, 0.05) is 11.3 Å². The zero-order chi connectivity index (χ0) is 18.5. The molecule has 3 rings (SSSR count). The Bertz CT molecular complexity index is 908. The largest absolute Gasteiger partial charge is 0.345 e. The summed E-state index contributed by atoms with van der Waals surface area (Å²) in [5.74, 6) is 0.941. The van der Waals surface area contributed by atoms with Crippen LogP contribution in [-0.2, 0) is 6.54 Å². The predicted octanol–water partition coefficient (Wildman–Crippen LogP) is 3.76. The number of nitrogens with zero attached hydrogens (tertiary/aromatic N) is 3. The third kappa shape index (κ3) is 4.11. The summed E-state index contributed by atoms with van der Waals surface area (Å²) in [5, 5.41) is 12.0. The first-order chi connectivity index (χ1) is 12.6. The summed E-state index contributed by atoms with van der Waals surface area (Å²) in [7, 11) is 0. The van der Waals surface area contributed by atoms with Crippen LogP contribution in [0.15, 0.2) is 53.7 Å². The minimum atomic E-state index is -0.305. The van der Waals surface area contributed by atoms with Gasteiger partial charge in [-0.05, 0) is 49.1 Å². The van der Waals surface area contributed by atoms with E-state index in [1.54, 1.807) is 18.2 Å². The Kier molecular flexibility index (Phi) is 5.68. The maximum Gasteiger partial charge on any atom is 0.251 e. The number of benzene rings is 2. The molecule has 0 saturated carbocycles. The van der Waals surface area contributed by atoms with Crippen molar-refractivity contribution in [3.8, 4) is 5.69 Å². The number of nitrogens with one attached hydrogen (secondary N) is 1. The van der Waals surface area contributed by atoms with E-state index in [1.807, 2.05) is 36.6 Å². The van der Waals surface area contributed by atoms with Crippen LogP contribution in [0.4, 0.5) is 4.39 Å². The van der Waals surface area contributed by atoms with Gasteiger partial charge in [-0.1, -0.05) is 36.4 Å². The summed E-state index contributed by atoms with van der Waals surface area (Å²) < 4.78 is 15.1. The predicted molar refractivity (Wildman–Crippen MR) is 100 cm³/mol. The number of aromatic nitrogens is 3. The molecule has 0 unspecified atom stereocenters. The molecule has 2 aromatic carbocycles. The van der Waals surface area contributed by atoms with Crippen molar-refractivity contribution in [2.24, 2.45) is 0 Å². The van der Waals surface area contributed by atoms with Crippen molar-refractivity contribution in [3.05, 3.63) is 71.3 Å². The molecule has 1 aromatic heterocycles. The molecular formula is C19H19FN4OS. The number of hydrogen-bond donors (Lipinski definition) is 1. The first-order valence-electron chi connectivity index (χ1n) is 8.26. The van der Waals surface area contributed by atoms with Gasteiger partial charge in [0.25, 0.3) is 5.91 Å². The van der Waals surface area contributed by atoms with E-state index < -0.39 is 0 Å². The number of halogens is 1. The van der Waals surface area contributed by atoms with E-state index in [9.17, 15) is 9.18 Å². The third-order valence-corrected chi connectivity index (χ3v) is 4.56. The highest BCUT2D eigenvalue weighted by Crippen LogP contribution is 2.22. The maximum atomic E-state index is 13.2. The zero-order valence-corrected chi connectivity index (χ0v) is 15.4. The van der Waals surface area contributed by atoms with E-state index in [0.717, 1.165) is 17.0 Å². The van der Waals surface area contributed by atoms with Gasteiger partial charge in [0.05, 0.1) is 6.54 Å². The summed E-state index contributed by atoms with van der Waals surface area (Å²) in [6.45, 7) is 4.19. The maximum absolute atomic E-state index is 13.2. The van der Waals surface area contributed by atoms with Crippen molar-refractivity contribution in [1.82, 2.24) is 20.1 Å². The Morgan fingerprint density at radius 3 is 2.65 bits per heavy atom. The number of amides is 1. The van der Waals surface area contributed by atoms with Crippen LogP contribution in [0.2, 0.25) is 0 Å². The number of carbonyl (C=O) groups is 1. The Labute approximate surface area is 155 Å². The smallest absolute Gasteiger partial charge is 0.251 e. The molecule has 3 aromatic rings. The quantitative estimate of drug-likeness (QED) is 0.671. The molecule has 26 heavy (non-hydrogen) atoms. The number of hydrogen-bond acceptors (Lipinski definition) is 4. The molecule has 0 radical (unpaired) electrons. The summed E-state index contributed by atoms with van der Waals surface area (Å²) in [6.07, 6.45) is 0. The highest BCUT2D eigenvalue weighted by molar-refractivity contribution is 7.99. The van der Waals surface area contributed by atoms with E-state index in [4.69, 9.17) is 0 Å².